The lowest BCUT2D eigenvalue weighted by Crippen LogP contribution is -2.31. The van der Waals surface area contributed by atoms with Gasteiger partial charge in [-0.1, -0.05) is 31.5 Å². The number of carbonyl (C=O) groups is 1. The molecule has 0 radical (unpaired) electrons. The van der Waals surface area contributed by atoms with Gasteiger partial charge in [0.15, 0.2) is 0 Å². The van der Waals surface area contributed by atoms with Crippen LogP contribution in [0.4, 0.5) is 11.4 Å². The van der Waals surface area contributed by atoms with E-state index in [0.717, 1.165) is 5.56 Å². The first kappa shape index (κ1) is 27.9. The lowest BCUT2D eigenvalue weighted by Gasteiger charge is -2.21. The van der Waals surface area contributed by atoms with E-state index < -0.39 is 26.0 Å². The van der Waals surface area contributed by atoms with E-state index in [1.54, 1.807) is 32.0 Å². The first-order valence-electron chi connectivity index (χ1n) is 11.9. The SMILES string of the molecule is CCN(CC)S(=O)(=O)c1cc(C(=O)Nc2ccc3c(c2)N(S(=O)(=O)c2ccc(Cl)cc2)CC3)ccc1OC. The Balaban J connectivity index is 1.63. The Bertz CT molecular complexity index is 1570. The number of rotatable bonds is 9. The van der Waals surface area contributed by atoms with Crippen LogP contribution >= 0.6 is 11.6 Å². The predicted molar refractivity (Wildman–Crippen MR) is 147 cm³/mol. The van der Waals surface area contributed by atoms with Crippen molar-refractivity contribution in [1.29, 1.82) is 0 Å². The summed E-state index contributed by atoms with van der Waals surface area (Å²) in [4.78, 5) is 13.1. The molecule has 1 heterocycles. The lowest BCUT2D eigenvalue weighted by atomic mass is 10.1. The minimum absolute atomic E-state index is 0.106. The highest BCUT2D eigenvalue weighted by atomic mass is 35.5. The minimum Gasteiger partial charge on any atom is -0.495 e. The van der Waals surface area contributed by atoms with Crippen molar-refractivity contribution in [3.8, 4) is 5.75 Å². The van der Waals surface area contributed by atoms with Crippen molar-refractivity contribution >= 4 is 48.9 Å². The van der Waals surface area contributed by atoms with Gasteiger partial charge in [-0.3, -0.25) is 9.10 Å². The molecule has 1 amide bonds. The number of fused-ring (bicyclic) bond motifs is 1. The molecule has 3 aromatic rings. The first-order valence-corrected chi connectivity index (χ1v) is 15.2. The van der Waals surface area contributed by atoms with Gasteiger partial charge in [-0.2, -0.15) is 4.31 Å². The summed E-state index contributed by atoms with van der Waals surface area (Å²) in [5.41, 5.74) is 1.79. The van der Waals surface area contributed by atoms with Gasteiger partial charge in [0.25, 0.3) is 15.9 Å². The molecule has 0 unspecified atom stereocenters. The molecule has 0 aromatic heterocycles. The van der Waals surface area contributed by atoms with Crippen LogP contribution in [0.1, 0.15) is 29.8 Å². The van der Waals surface area contributed by atoms with Crippen LogP contribution in [0, 0.1) is 0 Å². The van der Waals surface area contributed by atoms with Crippen LogP contribution in [0.2, 0.25) is 5.02 Å². The maximum Gasteiger partial charge on any atom is 0.264 e. The second-order valence-corrected chi connectivity index (χ2v) is 12.7. The van der Waals surface area contributed by atoms with Gasteiger partial charge < -0.3 is 10.1 Å². The van der Waals surface area contributed by atoms with Crippen molar-refractivity contribution in [2.24, 2.45) is 0 Å². The van der Waals surface area contributed by atoms with Crippen LogP contribution in [-0.2, 0) is 26.5 Å². The molecule has 3 aromatic carbocycles. The highest BCUT2D eigenvalue weighted by molar-refractivity contribution is 7.92. The third-order valence-corrected chi connectivity index (χ3v) is 10.5. The van der Waals surface area contributed by atoms with Crippen molar-refractivity contribution in [2.45, 2.75) is 30.1 Å². The molecule has 0 aliphatic carbocycles. The van der Waals surface area contributed by atoms with E-state index in [1.807, 2.05) is 0 Å². The molecule has 9 nitrogen and oxygen atoms in total. The smallest absolute Gasteiger partial charge is 0.264 e. The Kier molecular flexibility index (Phi) is 8.03. The van der Waals surface area contributed by atoms with Crippen LogP contribution in [0.25, 0.3) is 0 Å². The number of hydrogen-bond donors (Lipinski definition) is 1. The number of nitrogens with zero attached hydrogens (tertiary/aromatic N) is 2. The quantitative estimate of drug-likeness (QED) is 0.404. The number of ether oxygens (including phenoxy) is 1. The molecule has 4 rings (SSSR count). The molecule has 0 saturated heterocycles. The Morgan fingerprint density at radius 2 is 1.68 bits per heavy atom. The van der Waals surface area contributed by atoms with Crippen molar-refractivity contribution in [1.82, 2.24) is 4.31 Å². The van der Waals surface area contributed by atoms with Crippen LogP contribution < -0.4 is 14.4 Å². The molecule has 0 fully saturated rings. The van der Waals surface area contributed by atoms with Gasteiger partial charge in [-0.05, 0) is 66.6 Å². The zero-order valence-electron chi connectivity index (χ0n) is 21.1. The van der Waals surface area contributed by atoms with E-state index >= 15 is 0 Å². The second-order valence-electron chi connectivity index (χ2n) is 8.53. The summed E-state index contributed by atoms with van der Waals surface area (Å²) >= 11 is 5.91. The van der Waals surface area contributed by atoms with E-state index in [2.05, 4.69) is 5.32 Å². The third-order valence-electron chi connectivity index (χ3n) is 6.35. The summed E-state index contributed by atoms with van der Waals surface area (Å²) in [7, 11) is -6.35. The second kappa shape index (κ2) is 10.9. The summed E-state index contributed by atoms with van der Waals surface area (Å²) < 4.78 is 60.7. The maximum atomic E-state index is 13.3. The van der Waals surface area contributed by atoms with Crippen LogP contribution in [0.3, 0.4) is 0 Å². The molecule has 12 heteroatoms. The van der Waals surface area contributed by atoms with Gasteiger partial charge in [0, 0.05) is 35.9 Å². The monoisotopic (exact) mass is 577 g/mol. The average molecular weight is 578 g/mol. The molecular formula is C26H28ClN3O6S2. The molecule has 0 saturated carbocycles. The Morgan fingerprint density at radius 3 is 2.32 bits per heavy atom. The van der Waals surface area contributed by atoms with E-state index in [0.29, 0.717) is 22.8 Å². The number of halogens is 1. The molecule has 38 heavy (non-hydrogen) atoms. The van der Waals surface area contributed by atoms with E-state index in [1.165, 1.54) is 58.2 Å². The minimum atomic E-state index is -3.89. The number of nitrogens with one attached hydrogen (secondary N) is 1. The van der Waals surface area contributed by atoms with Gasteiger partial charge in [0.05, 0.1) is 17.7 Å². The largest absolute Gasteiger partial charge is 0.495 e. The van der Waals surface area contributed by atoms with Gasteiger partial charge in [0.2, 0.25) is 10.0 Å². The lowest BCUT2D eigenvalue weighted by molar-refractivity contribution is 0.102. The zero-order valence-corrected chi connectivity index (χ0v) is 23.5. The maximum absolute atomic E-state index is 13.3. The zero-order chi connectivity index (χ0) is 27.7. The summed E-state index contributed by atoms with van der Waals surface area (Å²) in [6.45, 7) is 4.26. The average Bonchev–Trinajstić information content (AvgIpc) is 3.33. The fourth-order valence-electron chi connectivity index (χ4n) is 4.34. The standard InChI is InChI=1S/C26H28ClN3O6S2/c1-4-29(5-2)38(34,35)25-16-19(7-13-24(25)36-3)26(31)28-21-10-6-18-14-15-30(23(18)17-21)37(32,33)22-11-8-20(27)9-12-22/h6-13,16-17H,4-5,14-15H2,1-3H3,(H,28,31). The van der Waals surface area contributed by atoms with Crippen LogP contribution in [0.15, 0.2) is 70.5 Å². The van der Waals surface area contributed by atoms with E-state index in [9.17, 15) is 21.6 Å². The Hall–Kier alpha value is -3.12. The van der Waals surface area contributed by atoms with Gasteiger partial charge in [-0.15, -0.1) is 0 Å². The van der Waals surface area contributed by atoms with Crippen molar-refractivity contribution in [3.63, 3.8) is 0 Å². The van der Waals surface area contributed by atoms with Gasteiger partial charge in [-0.25, -0.2) is 16.8 Å². The summed E-state index contributed by atoms with van der Waals surface area (Å²) in [6, 6.07) is 15.2. The number of carbonyl (C=O) groups excluding carboxylic acids is 1. The molecule has 0 spiro atoms. The third kappa shape index (κ3) is 5.24. The van der Waals surface area contributed by atoms with Crippen LogP contribution in [0.5, 0.6) is 5.75 Å². The number of hydrogen-bond acceptors (Lipinski definition) is 6. The number of amides is 1. The summed E-state index contributed by atoms with van der Waals surface area (Å²) in [5, 5.41) is 3.19. The molecule has 0 bridgehead atoms. The number of sulfonamides is 2. The molecular weight excluding hydrogens is 550 g/mol. The Morgan fingerprint density at radius 1 is 1.00 bits per heavy atom. The highest BCUT2D eigenvalue weighted by Crippen LogP contribution is 2.35. The fourth-order valence-corrected chi connectivity index (χ4v) is 7.60. The molecule has 1 N–H and O–H groups in total. The van der Waals surface area contributed by atoms with Crippen molar-refractivity contribution < 1.29 is 26.4 Å². The molecule has 1 aliphatic rings. The molecule has 202 valence electrons. The van der Waals surface area contributed by atoms with Crippen molar-refractivity contribution in [3.05, 3.63) is 76.8 Å². The van der Waals surface area contributed by atoms with Crippen molar-refractivity contribution in [2.75, 3.05) is 36.4 Å². The number of methoxy groups -OCH3 is 1. The number of anilines is 2. The Labute approximate surface area is 228 Å². The van der Waals surface area contributed by atoms with Crippen LogP contribution in [-0.4, -0.2) is 53.8 Å². The number of benzene rings is 3. The van der Waals surface area contributed by atoms with E-state index in [4.69, 9.17) is 16.3 Å². The predicted octanol–water partition coefficient (Wildman–Crippen LogP) is 4.38. The topological polar surface area (TPSA) is 113 Å². The summed E-state index contributed by atoms with van der Waals surface area (Å²) in [6.07, 6.45) is 0.529. The molecule has 0 atom stereocenters. The van der Waals surface area contributed by atoms with Gasteiger partial charge >= 0.3 is 0 Å². The normalized spacial score (nSPS) is 13.4. The summed E-state index contributed by atoms with van der Waals surface area (Å²) in [5.74, 6) is -0.414. The highest BCUT2D eigenvalue weighted by Gasteiger charge is 2.31. The molecule has 1 aliphatic heterocycles. The van der Waals surface area contributed by atoms with Gasteiger partial charge in [0.1, 0.15) is 10.6 Å². The first-order chi connectivity index (χ1) is 18.0. The van der Waals surface area contributed by atoms with E-state index in [-0.39, 0.29) is 40.7 Å². The fraction of sp³-hybridized carbons (Fsp3) is 0.269.